The minimum Gasteiger partial charge on any atom is -0.347 e. The van der Waals surface area contributed by atoms with Crippen molar-refractivity contribution in [1.29, 1.82) is 0 Å². The highest BCUT2D eigenvalue weighted by Crippen LogP contribution is 2.05. The first-order valence-corrected chi connectivity index (χ1v) is 9.34. The van der Waals surface area contributed by atoms with Gasteiger partial charge in [0, 0.05) is 12.1 Å². The van der Waals surface area contributed by atoms with Crippen LogP contribution in [-0.4, -0.2) is 11.8 Å². The molecule has 0 fully saturated rings. The highest BCUT2D eigenvalue weighted by atomic mass is 16.2. The summed E-state index contributed by atoms with van der Waals surface area (Å²) in [6, 6.07) is 28.2. The molecule has 3 rings (SSSR count). The second-order valence-corrected chi connectivity index (χ2v) is 6.34. The lowest BCUT2D eigenvalue weighted by Crippen LogP contribution is -2.34. The summed E-state index contributed by atoms with van der Waals surface area (Å²) in [4.78, 5) is 25.2. The van der Waals surface area contributed by atoms with Crippen molar-refractivity contribution in [3.63, 3.8) is 0 Å². The van der Waals surface area contributed by atoms with E-state index in [0.29, 0.717) is 12.1 Å². The first-order chi connectivity index (χ1) is 14.2. The number of benzene rings is 3. The Morgan fingerprint density at radius 2 is 1.34 bits per heavy atom. The zero-order valence-electron chi connectivity index (χ0n) is 15.9. The van der Waals surface area contributed by atoms with Gasteiger partial charge in [0.25, 0.3) is 11.8 Å². The third kappa shape index (κ3) is 6.33. The molecule has 0 spiro atoms. The quantitative estimate of drug-likeness (QED) is 0.472. The molecule has 0 aliphatic heterocycles. The van der Waals surface area contributed by atoms with Gasteiger partial charge in [0.2, 0.25) is 0 Å². The number of carbonyl (C=O) groups is 2. The van der Waals surface area contributed by atoms with Crippen molar-refractivity contribution in [3.05, 3.63) is 126 Å². The molecular weight excluding hydrogens is 360 g/mol. The van der Waals surface area contributed by atoms with Crippen molar-refractivity contribution in [2.45, 2.75) is 6.54 Å². The van der Waals surface area contributed by atoms with Gasteiger partial charge in [0.1, 0.15) is 5.70 Å². The van der Waals surface area contributed by atoms with E-state index in [4.69, 9.17) is 0 Å². The van der Waals surface area contributed by atoms with E-state index < -0.39 is 0 Å². The first kappa shape index (κ1) is 19.8. The van der Waals surface area contributed by atoms with E-state index in [-0.39, 0.29) is 17.5 Å². The fraction of sp³-hybridized carbons (Fsp3) is 0.0400. The van der Waals surface area contributed by atoms with Crippen LogP contribution in [0.4, 0.5) is 0 Å². The Kier molecular flexibility index (Phi) is 7.13. The summed E-state index contributed by atoms with van der Waals surface area (Å²) < 4.78 is 0. The van der Waals surface area contributed by atoms with Gasteiger partial charge in [-0.15, -0.1) is 0 Å². The molecule has 0 radical (unpaired) electrons. The highest BCUT2D eigenvalue weighted by molar-refractivity contribution is 6.03. The summed E-state index contributed by atoms with van der Waals surface area (Å²) >= 11 is 0. The number of nitrogens with one attached hydrogen (secondary N) is 2. The van der Waals surface area contributed by atoms with Crippen LogP contribution in [0.15, 0.2) is 109 Å². The smallest absolute Gasteiger partial charge is 0.268 e. The number of amides is 2. The zero-order valence-corrected chi connectivity index (χ0v) is 15.9. The number of rotatable bonds is 7. The second kappa shape index (κ2) is 10.4. The fourth-order valence-corrected chi connectivity index (χ4v) is 2.65. The average Bonchev–Trinajstić information content (AvgIpc) is 2.78. The Labute approximate surface area is 170 Å². The van der Waals surface area contributed by atoms with Crippen LogP contribution < -0.4 is 10.6 Å². The van der Waals surface area contributed by atoms with Crippen LogP contribution in [0, 0.1) is 0 Å². The SMILES string of the molecule is O=C(NCc1ccccc1)/C(=C/C=C\c1ccccc1)NC(=O)c1ccccc1. The number of carbonyl (C=O) groups excluding carboxylic acids is 2. The molecule has 0 aliphatic rings. The molecule has 0 heterocycles. The molecule has 2 amide bonds. The summed E-state index contributed by atoms with van der Waals surface area (Å²) in [6.45, 7) is 0.376. The Bertz CT molecular complexity index is 995. The normalized spacial score (nSPS) is 11.2. The van der Waals surface area contributed by atoms with Crippen LogP contribution in [-0.2, 0) is 11.3 Å². The zero-order chi connectivity index (χ0) is 20.3. The second-order valence-electron chi connectivity index (χ2n) is 6.34. The van der Waals surface area contributed by atoms with Gasteiger partial charge in [-0.25, -0.2) is 0 Å². The standard InChI is InChI=1S/C25H22N2O2/c28-24(22-16-8-3-9-17-22)27-23(18-10-15-20-11-4-1-5-12-20)25(29)26-19-21-13-6-2-7-14-21/h1-18H,19H2,(H,26,29)(H,27,28)/b15-10-,23-18-. The Balaban J connectivity index is 1.74. The Hall–Kier alpha value is -3.92. The predicted octanol–water partition coefficient (Wildman–Crippen LogP) is 4.33. The van der Waals surface area contributed by atoms with E-state index >= 15 is 0 Å². The molecule has 0 aromatic heterocycles. The third-order valence-corrected chi connectivity index (χ3v) is 4.18. The summed E-state index contributed by atoms with van der Waals surface area (Å²) in [7, 11) is 0. The number of hydrogen-bond acceptors (Lipinski definition) is 2. The van der Waals surface area contributed by atoms with Crippen LogP contribution in [0.2, 0.25) is 0 Å². The Morgan fingerprint density at radius 1 is 0.759 bits per heavy atom. The van der Waals surface area contributed by atoms with Gasteiger partial charge < -0.3 is 10.6 Å². The van der Waals surface area contributed by atoms with E-state index in [1.165, 1.54) is 0 Å². The number of allylic oxidation sites excluding steroid dienone is 2. The summed E-state index contributed by atoms with van der Waals surface area (Å²) in [5, 5.41) is 5.56. The van der Waals surface area contributed by atoms with Crippen LogP contribution in [0.5, 0.6) is 0 Å². The van der Waals surface area contributed by atoms with Crippen LogP contribution in [0.1, 0.15) is 21.5 Å². The minimum absolute atomic E-state index is 0.182. The maximum atomic E-state index is 12.7. The van der Waals surface area contributed by atoms with Gasteiger partial charge in [-0.1, -0.05) is 91.0 Å². The average molecular weight is 382 g/mol. The van der Waals surface area contributed by atoms with Gasteiger partial charge in [0.15, 0.2) is 0 Å². The van der Waals surface area contributed by atoms with E-state index in [1.807, 2.05) is 72.8 Å². The molecule has 3 aromatic rings. The van der Waals surface area contributed by atoms with Gasteiger partial charge in [-0.2, -0.15) is 0 Å². The molecule has 0 aliphatic carbocycles. The summed E-state index contributed by atoms with van der Waals surface area (Å²) in [5.74, 6) is -0.685. The number of hydrogen-bond donors (Lipinski definition) is 2. The van der Waals surface area contributed by atoms with Crippen molar-refractivity contribution in [2.75, 3.05) is 0 Å². The molecule has 0 bridgehead atoms. The van der Waals surface area contributed by atoms with Crippen molar-refractivity contribution < 1.29 is 9.59 Å². The van der Waals surface area contributed by atoms with Crippen LogP contribution in [0.3, 0.4) is 0 Å². The van der Waals surface area contributed by atoms with Crippen molar-refractivity contribution in [2.24, 2.45) is 0 Å². The highest BCUT2D eigenvalue weighted by Gasteiger charge is 2.13. The van der Waals surface area contributed by atoms with Crippen LogP contribution in [0.25, 0.3) is 6.08 Å². The fourth-order valence-electron chi connectivity index (χ4n) is 2.65. The maximum Gasteiger partial charge on any atom is 0.268 e. The van der Waals surface area contributed by atoms with Gasteiger partial charge in [0.05, 0.1) is 0 Å². The molecule has 3 aromatic carbocycles. The predicted molar refractivity (Wildman–Crippen MR) is 116 cm³/mol. The van der Waals surface area contributed by atoms with Crippen molar-refractivity contribution >= 4 is 17.9 Å². The van der Waals surface area contributed by atoms with Crippen molar-refractivity contribution in [3.8, 4) is 0 Å². The first-order valence-electron chi connectivity index (χ1n) is 9.34. The molecule has 4 heteroatoms. The van der Waals surface area contributed by atoms with Gasteiger partial charge in [-0.3, -0.25) is 9.59 Å². The molecule has 144 valence electrons. The molecule has 0 saturated heterocycles. The largest absolute Gasteiger partial charge is 0.347 e. The molecule has 29 heavy (non-hydrogen) atoms. The van der Waals surface area contributed by atoms with Gasteiger partial charge >= 0.3 is 0 Å². The third-order valence-electron chi connectivity index (χ3n) is 4.18. The lowest BCUT2D eigenvalue weighted by molar-refractivity contribution is -0.118. The summed E-state index contributed by atoms with van der Waals surface area (Å²) in [6.07, 6.45) is 5.23. The topological polar surface area (TPSA) is 58.2 Å². The van der Waals surface area contributed by atoms with E-state index in [9.17, 15) is 9.59 Å². The minimum atomic E-state index is -0.351. The molecule has 0 atom stereocenters. The lowest BCUT2D eigenvalue weighted by Gasteiger charge is -2.10. The van der Waals surface area contributed by atoms with Crippen molar-refractivity contribution in [1.82, 2.24) is 10.6 Å². The Morgan fingerprint density at radius 3 is 2.00 bits per heavy atom. The van der Waals surface area contributed by atoms with Crippen LogP contribution >= 0.6 is 0 Å². The van der Waals surface area contributed by atoms with E-state index in [2.05, 4.69) is 10.6 Å². The molecular formula is C25H22N2O2. The van der Waals surface area contributed by atoms with E-state index in [1.54, 1.807) is 36.4 Å². The molecule has 0 unspecified atom stereocenters. The van der Waals surface area contributed by atoms with E-state index in [0.717, 1.165) is 11.1 Å². The molecule has 0 saturated carbocycles. The lowest BCUT2D eigenvalue weighted by atomic mass is 10.2. The molecule has 2 N–H and O–H groups in total. The van der Waals surface area contributed by atoms with Gasteiger partial charge in [-0.05, 0) is 29.3 Å². The monoisotopic (exact) mass is 382 g/mol. The molecule has 4 nitrogen and oxygen atoms in total. The summed E-state index contributed by atoms with van der Waals surface area (Å²) in [5.41, 5.74) is 2.65. The maximum absolute atomic E-state index is 12.7.